The third-order valence-corrected chi connectivity index (χ3v) is 0. The first-order valence-corrected chi connectivity index (χ1v) is 0.309. The average molecular weight is 133 g/mol. The van der Waals surface area contributed by atoms with Crippen LogP contribution in [0.1, 0.15) is 0 Å². The van der Waals surface area contributed by atoms with Crippen molar-refractivity contribution in [3.8, 4) is 0 Å². The van der Waals surface area contributed by atoms with E-state index in [1.165, 1.54) is 5.15 Å². The van der Waals surface area contributed by atoms with Gasteiger partial charge in [0.2, 0.25) is 0 Å². The van der Waals surface area contributed by atoms with Gasteiger partial charge in [-0.1, -0.05) is 0 Å². The molecular weight excluding hydrogens is 133 g/mol. The molecule has 1 nitrogen and oxygen atoms in total. The molecule has 0 aromatic heterocycles. The molecule has 0 atom stereocenters. The van der Waals surface area contributed by atoms with Crippen LogP contribution in [0, 0.1) is 0 Å². The van der Waals surface area contributed by atoms with Crippen molar-refractivity contribution in [3.05, 3.63) is 0 Å². The topological polar surface area (TPSA) is 9.23 Å². The maximum absolute atomic E-state index is 9.12. The van der Waals surface area contributed by atoms with Crippen molar-refractivity contribution in [1.82, 2.24) is 0 Å². The van der Waals surface area contributed by atoms with Crippen molar-refractivity contribution >= 4 is 17.1 Å². The van der Waals surface area contributed by atoms with Crippen LogP contribution in [0.15, 0.2) is 0 Å². The Balaban J connectivity index is 0. The van der Waals surface area contributed by atoms with Gasteiger partial charge in [0, 0.05) is 22.2 Å². The summed E-state index contributed by atoms with van der Waals surface area (Å²) >= 11 is 0. The minimum Gasteiger partial charge on any atom is -0.0104 e. The summed E-state index contributed by atoms with van der Waals surface area (Å²) in [6.45, 7) is 0. The summed E-state index contributed by atoms with van der Waals surface area (Å²) in [5.41, 5.74) is 0. The molecule has 0 saturated heterocycles. The Kier molecular flexibility index (Phi) is 22.5. The van der Waals surface area contributed by atoms with E-state index in [2.05, 4.69) is 0 Å². The molecule has 0 heterocycles. The molecule has 0 fully saturated rings. The first-order valence-electron chi connectivity index (χ1n) is 0.309. The van der Waals surface area contributed by atoms with Crippen LogP contribution in [0.4, 0.5) is 9.05 Å². The summed E-state index contributed by atoms with van der Waals surface area (Å²) in [7, 11) is 0. The number of hydrogen-bond acceptors (Lipinski definition) is 1. The second-order valence-corrected chi connectivity index (χ2v) is 0.0583. The minimum atomic E-state index is 0. The van der Waals surface area contributed by atoms with Gasteiger partial charge >= 0.3 is 0 Å². The van der Waals surface area contributed by atoms with Crippen LogP contribution in [-0.2, 0) is 5.15 Å². The van der Waals surface area contributed by atoms with E-state index >= 15 is 0 Å². The zero-order valence-corrected chi connectivity index (χ0v) is 3.29. The van der Waals surface area contributed by atoms with E-state index in [4.69, 9.17) is 9.05 Å². The molecule has 4 heteroatoms. The normalized spacial score (nSPS) is 4.50. The van der Waals surface area contributed by atoms with Crippen molar-refractivity contribution in [2.24, 2.45) is 0 Å². The smallest absolute Gasteiger partial charge is 0.0104 e. The van der Waals surface area contributed by atoms with Gasteiger partial charge < -0.3 is 0 Å². The maximum Gasteiger partial charge on any atom is 0.0209 e. The molecule has 0 aliphatic heterocycles. The van der Waals surface area contributed by atoms with Crippen molar-refractivity contribution in [3.63, 3.8) is 0 Å². The van der Waals surface area contributed by atoms with Crippen LogP contribution in [0.25, 0.3) is 0 Å². The molecule has 4 heavy (non-hydrogen) atoms. The van der Waals surface area contributed by atoms with E-state index < -0.39 is 0 Å². The van der Waals surface area contributed by atoms with Crippen LogP contribution in [0.5, 0.6) is 0 Å². The Morgan fingerprint density at radius 2 is 1.25 bits per heavy atom. The molecule has 0 spiro atoms. The van der Waals surface area contributed by atoms with E-state index in [9.17, 15) is 0 Å². The number of halogens is 2. The SMILES string of the molecule is FOF.[Se]. The second kappa shape index (κ2) is 10.2. The van der Waals surface area contributed by atoms with Crippen LogP contribution in [0.2, 0.25) is 0 Å². The fraction of sp³-hybridized carbons (Fsp3) is 0. The number of hydrogen-bond donors (Lipinski definition) is 0. The maximum atomic E-state index is 9.12. The molecule has 0 aromatic rings. The van der Waals surface area contributed by atoms with Gasteiger partial charge in [0.05, 0.1) is 0 Å². The van der Waals surface area contributed by atoms with Gasteiger partial charge in [0.25, 0.3) is 0 Å². The standard InChI is InChI=1S/F2O.Se/c1-3-2;. The van der Waals surface area contributed by atoms with Gasteiger partial charge in [-0.25, -0.2) is 0 Å². The molecule has 2 radical (unpaired) electrons. The Hall–Kier alpha value is 0.339. The molecule has 0 saturated carbocycles. The van der Waals surface area contributed by atoms with E-state index in [0.29, 0.717) is 0 Å². The summed E-state index contributed by atoms with van der Waals surface area (Å²) in [4.78, 5) is 0. The predicted octanol–water partition coefficient (Wildman–Crippen LogP) is 0.391. The van der Waals surface area contributed by atoms with Gasteiger partial charge in [-0.15, -0.1) is 0 Å². The summed E-state index contributed by atoms with van der Waals surface area (Å²) in [6, 6.07) is 0. The van der Waals surface area contributed by atoms with Gasteiger partial charge in [0.1, 0.15) is 0 Å². The molecule has 0 aromatic carbocycles. The number of rotatable bonds is 0. The molecule has 0 rings (SSSR count). The molecule has 0 amide bonds. The van der Waals surface area contributed by atoms with E-state index in [0.717, 1.165) is 0 Å². The van der Waals surface area contributed by atoms with Gasteiger partial charge in [-0.3, -0.25) is 0 Å². The summed E-state index contributed by atoms with van der Waals surface area (Å²) < 4.78 is 18.2. The second-order valence-electron chi connectivity index (χ2n) is 0.0583. The molecule has 26 valence electrons. The zero-order valence-electron chi connectivity index (χ0n) is 1.57. The molecule has 0 N–H and O–H groups in total. The fourth-order valence-corrected chi connectivity index (χ4v) is 0. The third kappa shape index (κ3) is 36.4. The summed E-state index contributed by atoms with van der Waals surface area (Å²) in [5, 5.41) is 1.25. The molecule has 0 unspecified atom stereocenters. The molecule has 0 bridgehead atoms. The summed E-state index contributed by atoms with van der Waals surface area (Å²) in [6.07, 6.45) is 0. The van der Waals surface area contributed by atoms with E-state index in [1.54, 1.807) is 0 Å². The fourth-order valence-electron chi connectivity index (χ4n) is 0. The monoisotopic (exact) mass is 134 g/mol. The summed E-state index contributed by atoms with van der Waals surface area (Å²) in [5.74, 6) is 0. The van der Waals surface area contributed by atoms with Crippen LogP contribution in [-0.4, -0.2) is 17.1 Å². The van der Waals surface area contributed by atoms with E-state index in [-0.39, 0.29) is 17.1 Å². The van der Waals surface area contributed by atoms with Gasteiger partial charge in [0.15, 0.2) is 0 Å². The Labute approximate surface area is 32.2 Å². The van der Waals surface area contributed by atoms with Crippen molar-refractivity contribution in [1.29, 1.82) is 0 Å². The molecule has 0 aliphatic carbocycles. The first kappa shape index (κ1) is 8.84. The molecule has 0 aliphatic rings. The van der Waals surface area contributed by atoms with Crippen LogP contribution >= 0.6 is 0 Å². The quantitative estimate of drug-likeness (QED) is 0.434. The van der Waals surface area contributed by atoms with Crippen molar-refractivity contribution in [2.75, 3.05) is 0 Å². The predicted molar refractivity (Wildman–Crippen MR) is 9.05 cm³/mol. The van der Waals surface area contributed by atoms with Gasteiger partial charge in [-0.2, -0.15) is 0 Å². The minimum absolute atomic E-state index is 0. The van der Waals surface area contributed by atoms with E-state index in [1.807, 2.05) is 0 Å². The first-order chi connectivity index (χ1) is 1.41. The van der Waals surface area contributed by atoms with Crippen LogP contribution < -0.4 is 0 Å². The zero-order chi connectivity index (χ0) is 2.71. The Bertz CT molecular complexity index is 6.00. The average Bonchev–Trinajstić information content (AvgIpc) is 0.918. The third-order valence-electron chi connectivity index (χ3n) is 0. The van der Waals surface area contributed by atoms with Crippen molar-refractivity contribution in [2.45, 2.75) is 0 Å². The van der Waals surface area contributed by atoms with Gasteiger partial charge in [-0.05, 0) is 9.05 Å². The van der Waals surface area contributed by atoms with Crippen molar-refractivity contribution < 1.29 is 14.2 Å². The Morgan fingerprint density at radius 1 is 1.25 bits per heavy atom. The van der Waals surface area contributed by atoms with Crippen LogP contribution in [0.3, 0.4) is 0 Å². The largest absolute Gasteiger partial charge is 0.0209 e. The molecular formula is F2OSe. The Morgan fingerprint density at radius 3 is 1.25 bits per heavy atom.